The average molecular weight is 266 g/mol. The van der Waals surface area contributed by atoms with E-state index in [0.29, 0.717) is 5.89 Å². The molecule has 0 aliphatic rings. The molecule has 0 radical (unpaired) electrons. The van der Waals surface area contributed by atoms with Crippen LogP contribution in [0.15, 0.2) is 22.6 Å². The molecule has 1 N–H and O–H groups in total. The van der Waals surface area contributed by atoms with Gasteiger partial charge in [0, 0.05) is 0 Å². The number of aliphatic hydroxyl groups excluding tert-OH is 1. The molecule has 0 aliphatic carbocycles. The van der Waals surface area contributed by atoms with Crippen LogP contribution in [-0.2, 0) is 13.3 Å². The summed E-state index contributed by atoms with van der Waals surface area (Å²) in [6, 6.07) is 5.93. The molecule has 0 aliphatic heterocycles. The number of hydrogen-bond acceptors (Lipinski definition) is 5. The molecular formula is C12H14N2O3S. The van der Waals surface area contributed by atoms with Gasteiger partial charge >= 0.3 is 0 Å². The molecule has 18 heavy (non-hydrogen) atoms. The molecule has 1 heterocycles. The van der Waals surface area contributed by atoms with Crippen molar-refractivity contribution in [1.82, 2.24) is 9.78 Å². The predicted molar refractivity (Wildman–Crippen MR) is 67.8 cm³/mol. The van der Waals surface area contributed by atoms with Crippen molar-refractivity contribution in [3.8, 4) is 5.75 Å². The van der Waals surface area contributed by atoms with Crippen LogP contribution in [0.4, 0.5) is 0 Å². The van der Waals surface area contributed by atoms with Crippen LogP contribution in [0.5, 0.6) is 5.75 Å². The van der Waals surface area contributed by atoms with E-state index in [-0.39, 0.29) is 18.2 Å². The first-order valence-corrected chi connectivity index (χ1v) is 5.89. The molecule has 1 aromatic carbocycles. The largest absolute Gasteiger partial charge is 0.483 e. The van der Waals surface area contributed by atoms with Gasteiger partial charge in [-0.15, -0.1) is 5.10 Å². The van der Waals surface area contributed by atoms with Gasteiger partial charge in [-0.3, -0.25) is 0 Å². The number of nitrogens with zero attached hydrogens (tertiary/aromatic N) is 2. The summed E-state index contributed by atoms with van der Waals surface area (Å²) < 4.78 is 12.1. The first-order chi connectivity index (χ1) is 8.61. The Kier molecular flexibility index (Phi) is 3.78. The van der Waals surface area contributed by atoms with Crippen LogP contribution in [0.1, 0.15) is 17.0 Å². The number of rotatable bonds is 4. The normalized spacial score (nSPS) is 10.6. The zero-order valence-electron chi connectivity index (χ0n) is 10.2. The van der Waals surface area contributed by atoms with Gasteiger partial charge in [-0.1, -0.05) is 18.2 Å². The van der Waals surface area contributed by atoms with E-state index in [9.17, 15) is 0 Å². The molecule has 0 bridgehead atoms. The van der Waals surface area contributed by atoms with E-state index in [1.54, 1.807) is 0 Å². The molecule has 1 aromatic heterocycles. The third kappa shape index (κ3) is 2.60. The second kappa shape index (κ2) is 5.32. The maximum absolute atomic E-state index is 8.94. The van der Waals surface area contributed by atoms with E-state index in [2.05, 4.69) is 5.10 Å². The summed E-state index contributed by atoms with van der Waals surface area (Å²) in [5.74, 6) is 1.16. The first kappa shape index (κ1) is 12.8. The number of para-hydroxylation sites is 1. The van der Waals surface area contributed by atoms with Crippen LogP contribution in [-0.4, -0.2) is 14.9 Å². The highest BCUT2D eigenvalue weighted by Crippen LogP contribution is 2.23. The third-order valence-corrected chi connectivity index (χ3v) is 2.82. The Morgan fingerprint density at radius 3 is 2.61 bits per heavy atom. The Labute approximate surface area is 110 Å². The monoisotopic (exact) mass is 266 g/mol. The van der Waals surface area contributed by atoms with Crippen molar-refractivity contribution in [3.63, 3.8) is 0 Å². The molecule has 0 spiro atoms. The third-order valence-electron chi connectivity index (χ3n) is 2.53. The molecule has 0 amide bonds. The highest BCUT2D eigenvalue weighted by atomic mass is 32.1. The van der Waals surface area contributed by atoms with Crippen LogP contribution < -0.4 is 4.74 Å². The lowest BCUT2D eigenvalue weighted by Gasteiger charge is -2.09. The molecule has 2 rings (SSSR count). The summed E-state index contributed by atoms with van der Waals surface area (Å²) in [6.07, 6.45) is 0. The zero-order valence-corrected chi connectivity index (χ0v) is 11.0. The van der Waals surface area contributed by atoms with E-state index in [0.717, 1.165) is 16.9 Å². The Morgan fingerprint density at radius 2 is 2.06 bits per heavy atom. The van der Waals surface area contributed by atoms with Crippen LogP contribution in [0.3, 0.4) is 0 Å². The molecular weight excluding hydrogens is 252 g/mol. The quantitative estimate of drug-likeness (QED) is 0.861. The summed E-state index contributed by atoms with van der Waals surface area (Å²) >= 11 is 4.87. The van der Waals surface area contributed by atoms with Gasteiger partial charge in [-0.05, 0) is 37.2 Å². The van der Waals surface area contributed by atoms with Gasteiger partial charge in [0.25, 0.3) is 10.7 Å². The second-order valence-corrected chi connectivity index (χ2v) is 4.26. The van der Waals surface area contributed by atoms with Crippen LogP contribution in [0.25, 0.3) is 0 Å². The zero-order chi connectivity index (χ0) is 13.1. The minimum Gasteiger partial charge on any atom is -0.483 e. The first-order valence-electron chi connectivity index (χ1n) is 5.48. The Hall–Kier alpha value is -1.66. The lowest BCUT2D eigenvalue weighted by Crippen LogP contribution is -2.02. The van der Waals surface area contributed by atoms with E-state index in [1.165, 1.54) is 4.68 Å². The molecule has 0 fully saturated rings. The summed E-state index contributed by atoms with van der Waals surface area (Å²) in [5.41, 5.74) is 2.10. The summed E-state index contributed by atoms with van der Waals surface area (Å²) in [5, 5.41) is 12.9. The molecule has 6 heteroatoms. The van der Waals surface area contributed by atoms with Crippen LogP contribution >= 0.6 is 12.2 Å². The van der Waals surface area contributed by atoms with Crippen molar-refractivity contribution >= 4 is 12.2 Å². The smallest absolute Gasteiger partial charge is 0.289 e. The molecule has 0 unspecified atom stereocenters. The van der Waals surface area contributed by atoms with Crippen LogP contribution in [0, 0.1) is 18.7 Å². The Balaban J connectivity index is 2.14. The lowest BCUT2D eigenvalue weighted by molar-refractivity contribution is 0.189. The maximum Gasteiger partial charge on any atom is 0.289 e. The maximum atomic E-state index is 8.94. The molecule has 0 atom stereocenters. The molecule has 96 valence electrons. The van der Waals surface area contributed by atoms with E-state index in [1.807, 2.05) is 32.0 Å². The van der Waals surface area contributed by atoms with E-state index in [4.69, 9.17) is 26.5 Å². The van der Waals surface area contributed by atoms with Gasteiger partial charge in [0.05, 0.1) is 0 Å². The van der Waals surface area contributed by atoms with E-state index < -0.39 is 0 Å². The average Bonchev–Trinajstić information content (AvgIpc) is 2.69. The van der Waals surface area contributed by atoms with Gasteiger partial charge in [-0.25, -0.2) is 0 Å². The highest BCUT2D eigenvalue weighted by molar-refractivity contribution is 7.71. The number of ether oxygens (including phenoxy) is 1. The fourth-order valence-electron chi connectivity index (χ4n) is 1.66. The van der Waals surface area contributed by atoms with Gasteiger partial charge in [0.1, 0.15) is 12.5 Å². The number of hydrogen-bond donors (Lipinski definition) is 1. The van der Waals surface area contributed by atoms with E-state index >= 15 is 0 Å². The SMILES string of the molecule is Cc1cccc(C)c1OCc1nn(CO)c(=S)o1. The topological polar surface area (TPSA) is 60.4 Å². The molecule has 5 nitrogen and oxygen atoms in total. The predicted octanol–water partition coefficient (Wildman–Crippen LogP) is 2.35. The Morgan fingerprint density at radius 1 is 1.39 bits per heavy atom. The molecule has 0 saturated heterocycles. The Bertz CT molecular complexity index is 583. The van der Waals surface area contributed by atoms with Gasteiger partial charge < -0.3 is 14.3 Å². The van der Waals surface area contributed by atoms with Crippen molar-refractivity contribution in [1.29, 1.82) is 0 Å². The summed E-state index contributed by atoms with van der Waals surface area (Å²) in [7, 11) is 0. The van der Waals surface area contributed by atoms with Gasteiger partial charge in [0.2, 0.25) is 0 Å². The molecule has 0 saturated carbocycles. The van der Waals surface area contributed by atoms with Crippen molar-refractivity contribution in [2.75, 3.05) is 0 Å². The summed E-state index contributed by atoms with van der Waals surface area (Å²) in [4.78, 5) is 0.137. The summed E-state index contributed by atoms with van der Waals surface area (Å²) in [6.45, 7) is 3.84. The fourth-order valence-corrected chi connectivity index (χ4v) is 1.85. The van der Waals surface area contributed by atoms with Crippen molar-refractivity contribution < 1.29 is 14.3 Å². The lowest BCUT2D eigenvalue weighted by atomic mass is 10.1. The van der Waals surface area contributed by atoms with Crippen molar-refractivity contribution in [3.05, 3.63) is 40.1 Å². The number of benzene rings is 1. The van der Waals surface area contributed by atoms with Crippen molar-refractivity contribution in [2.24, 2.45) is 0 Å². The second-order valence-electron chi connectivity index (χ2n) is 3.91. The number of aryl methyl sites for hydroxylation is 2. The van der Waals surface area contributed by atoms with Gasteiger partial charge in [0.15, 0.2) is 6.61 Å². The standard InChI is InChI=1S/C12H14N2O3S/c1-8-4-3-5-9(2)11(8)16-6-10-13-14(7-15)12(18)17-10/h3-5,15H,6-7H2,1-2H3. The van der Waals surface area contributed by atoms with Gasteiger partial charge in [-0.2, -0.15) is 4.68 Å². The minimum absolute atomic E-state index is 0.137. The van der Waals surface area contributed by atoms with Crippen LogP contribution in [0.2, 0.25) is 0 Å². The minimum atomic E-state index is -0.300. The number of aliphatic hydroxyl groups is 1. The number of aromatic nitrogens is 2. The van der Waals surface area contributed by atoms with Crippen molar-refractivity contribution in [2.45, 2.75) is 27.2 Å². The fraction of sp³-hybridized carbons (Fsp3) is 0.333. The molecule has 2 aromatic rings. The highest BCUT2D eigenvalue weighted by Gasteiger charge is 2.08.